The molecule has 0 spiro atoms. The molecule has 0 fully saturated rings. The van der Waals surface area contributed by atoms with Crippen molar-refractivity contribution in [1.29, 1.82) is 0 Å². The van der Waals surface area contributed by atoms with Gasteiger partial charge in [-0.3, -0.25) is 0 Å². The molecule has 1 aromatic heterocycles. The van der Waals surface area contributed by atoms with Crippen molar-refractivity contribution in [3.05, 3.63) is 30.0 Å². The molecule has 0 atom stereocenters. The monoisotopic (exact) mass is 302 g/mol. The molecule has 0 aliphatic carbocycles. The molecule has 22 heavy (non-hydrogen) atoms. The molecule has 6 nitrogen and oxygen atoms in total. The van der Waals surface area contributed by atoms with Gasteiger partial charge in [0.05, 0.1) is 13.3 Å². The molecule has 2 aromatic rings. The zero-order chi connectivity index (χ0) is 15.8. The normalized spacial score (nSPS) is 11.0. The summed E-state index contributed by atoms with van der Waals surface area (Å²) >= 11 is 0. The summed E-state index contributed by atoms with van der Waals surface area (Å²) in [5.41, 5.74) is 4.35. The quantitative estimate of drug-likeness (QED) is 0.417. The van der Waals surface area contributed by atoms with Crippen LogP contribution in [0.3, 0.4) is 0 Å². The SMILES string of the molecule is CCCCCNC(=O)NN=Cc1c[nH]c2ccc(OC)cc12. The smallest absolute Gasteiger partial charge is 0.335 e. The minimum Gasteiger partial charge on any atom is -0.497 e. The Hall–Kier alpha value is -2.50. The Morgan fingerprint density at radius 1 is 1.41 bits per heavy atom. The first-order valence-electron chi connectivity index (χ1n) is 7.46. The summed E-state index contributed by atoms with van der Waals surface area (Å²) in [7, 11) is 1.63. The molecule has 0 aliphatic rings. The van der Waals surface area contributed by atoms with Gasteiger partial charge in [-0.25, -0.2) is 10.2 Å². The minimum absolute atomic E-state index is 0.287. The molecule has 0 saturated heterocycles. The van der Waals surface area contributed by atoms with Crippen molar-refractivity contribution in [2.24, 2.45) is 5.10 Å². The first-order valence-corrected chi connectivity index (χ1v) is 7.46. The Morgan fingerprint density at radius 2 is 2.27 bits per heavy atom. The van der Waals surface area contributed by atoms with Crippen LogP contribution in [0.25, 0.3) is 10.9 Å². The van der Waals surface area contributed by atoms with E-state index in [9.17, 15) is 4.79 Å². The molecular formula is C16H22N4O2. The van der Waals surface area contributed by atoms with Crippen LogP contribution in [0.5, 0.6) is 5.75 Å². The molecule has 118 valence electrons. The predicted octanol–water partition coefficient (Wildman–Crippen LogP) is 3.00. The summed E-state index contributed by atoms with van der Waals surface area (Å²) < 4.78 is 5.22. The lowest BCUT2D eigenvalue weighted by atomic mass is 10.2. The van der Waals surface area contributed by atoms with Crippen molar-refractivity contribution in [3.8, 4) is 5.75 Å². The van der Waals surface area contributed by atoms with E-state index in [1.807, 2.05) is 24.4 Å². The fourth-order valence-corrected chi connectivity index (χ4v) is 2.13. The molecule has 0 unspecified atom stereocenters. The summed E-state index contributed by atoms with van der Waals surface area (Å²) in [5.74, 6) is 0.781. The van der Waals surface area contributed by atoms with Crippen LogP contribution in [-0.4, -0.2) is 30.9 Å². The van der Waals surface area contributed by atoms with Crippen LogP contribution in [0.1, 0.15) is 31.7 Å². The lowest BCUT2D eigenvalue weighted by Gasteiger charge is -2.02. The number of fused-ring (bicyclic) bond motifs is 1. The Balaban J connectivity index is 1.91. The van der Waals surface area contributed by atoms with E-state index in [-0.39, 0.29) is 6.03 Å². The van der Waals surface area contributed by atoms with Gasteiger partial charge in [-0.2, -0.15) is 5.10 Å². The molecule has 1 aromatic carbocycles. The standard InChI is InChI=1S/C16H22N4O2/c1-3-4-5-8-17-16(21)20-19-11-12-10-18-15-7-6-13(22-2)9-14(12)15/h6-7,9-11,18H,3-5,8H2,1-2H3,(H2,17,20,21). The van der Waals surface area contributed by atoms with E-state index < -0.39 is 0 Å². The number of nitrogens with one attached hydrogen (secondary N) is 3. The van der Waals surface area contributed by atoms with Crippen LogP contribution in [-0.2, 0) is 0 Å². The molecule has 2 rings (SSSR count). The number of carbonyl (C=O) groups excluding carboxylic acids is 1. The number of urea groups is 1. The van der Waals surface area contributed by atoms with Crippen molar-refractivity contribution >= 4 is 23.1 Å². The first-order chi connectivity index (χ1) is 10.7. The lowest BCUT2D eigenvalue weighted by Crippen LogP contribution is -2.32. The number of aromatic nitrogens is 1. The Morgan fingerprint density at radius 3 is 3.05 bits per heavy atom. The van der Waals surface area contributed by atoms with E-state index in [0.29, 0.717) is 6.54 Å². The van der Waals surface area contributed by atoms with Gasteiger partial charge in [0, 0.05) is 29.2 Å². The highest BCUT2D eigenvalue weighted by Gasteiger charge is 2.03. The third-order valence-electron chi connectivity index (χ3n) is 3.36. The van der Waals surface area contributed by atoms with E-state index >= 15 is 0 Å². The summed E-state index contributed by atoms with van der Waals surface area (Å²) in [4.78, 5) is 14.7. The second-order valence-electron chi connectivity index (χ2n) is 4.99. The van der Waals surface area contributed by atoms with E-state index in [1.165, 1.54) is 0 Å². The van der Waals surface area contributed by atoms with E-state index in [2.05, 4.69) is 27.8 Å². The van der Waals surface area contributed by atoms with Crippen molar-refractivity contribution in [2.45, 2.75) is 26.2 Å². The molecule has 1 heterocycles. The lowest BCUT2D eigenvalue weighted by molar-refractivity contribution is 0.241. The third-order valence-corrected chi connectivity index (χ3v) is 3.36. The van der Waals surface area contributed by atoms with Crippen molar-refractivity contribution in [3.63, 3.8) is 0 Å². The van der Waals surface area contributed by atoms with Crippen molar-refractivity contribution in [2.75, 3.05) is 13.7 Å². The van der Waals surface area contributed by atoms with Gasteiger partial charge >= 0.3 is 6.03 Å². The zero-order valence-corrected chi connectivity index (χ0v) is 13.0. The van der Waals surface area contributed by atoms with Gasteiger partial charge in [-0.05, 0) is 24.6 Å². The maximum absolute atomic E-state index is 11.5. The predicted molar refractivity (Wildman–Crippen MR) is 88.5 cm³/mol. The second-order valence-corrected chi connectivity index (χ2v) is 4.99. The molecule has 3 N–H and O–H groups in total. The van der Waals surface area contributed by atoms with Crippen LogP contribution >= 0.6 is 0 Å². The van der Waals surface area contributed by atoms with Gasteiger partial charge in [0.25, 0.3) is 0 Å². The van der Waals surface area contributed by atoms with Gasteiger partial charge < -0.3 is 15.0 Å². The molecule has 6 heteroatoms. The Kier molecular flexibility index (Phi) is 5.82. The highest BCUT2D eigenvalue weighted by molar-refractivity contribution is 5.99. The third kappa shape index (κ3) is 4.25. The number of benzene rings is 1. The summed E-state index contributed by atoms with van der Waals surface area (Å²) in [6, 6.07) is 5.48. The largest absolute Gasteiger partial charge is 0.497 e. The molecule has 0 bridgehead atoms. The first kappa shape index (κ1) is 15.9. The summed E-state index contributed by atoms with van der Waals surface area (Å²) in [6.07, 6.45) is 6.68. The topological polar surface area (TPSA) is 78.5 Å². The number of hydrogen-bond donors (Lipinski definition) is 3. The van der Waals surface area contributed by atoms with Crippen LogP contribution in [0, 0.1) is 0 Å². The molecule has 2 amide bonds. The highest BCUT2D eigenvalue weighted by Crippen LogP contribution is 2.22. The number of carbonyl (C=O) groups is 1. The molecule has 0 saturated carbocycles. The zero-order valence-electron chi connectivity index (χ0n) is 13.0. The number of methoxy groups -OCH3 is 1. The average Bonchev–Trinajstić information content (AvgIpc) is 2.94. The number of nitrogens with zero attached hydrogens (tertiary/aromatic N) is 1. The summed E-state index contributed by atoms with van der Waals surface area (Å²) in [6.45, 7) is 2.79. The number of aromatic amines is 1. The maximum Gasteiger partial charge on any atom is 0.335 e. The minimum atomic E-state index is -0.287. The number of unbranched alkanes of at least 4 members (excludes halogenated alkanes) is 2. The van der Waals surface area contributed by atoms with Gasteiger partial charge in [0.1, 0.15) is 5.75 Å². The number of rotatable bonds is 7. The van der Waals surface area contributed by atoms with Crippen LogP contribution < -0.4 is 15.5 Å². The number of amides is 2. The Labute approximate surface area is 129 Å². The fourth-order valence-electron chi connectivity index (χ4n) is 2.13. The van der Waals surface area contributed by atoms with Gasteiger partial charge in [0.15, 0.2) is 0 Å². The van der Waals surface area contributed by atoms with Crippen molar-refractivity contribution < 1.29 is 9.53 Å². The number of H-pyrrole nitrogens is 1. The van der Waals surface area contributed by atoms with Crippen LogP contribution in [0.15, 0.2) is 29.5 Å². The number of hydrazone groups is 1. The second kappa shape index (κ2) is 8.07. The van der Waals surface area contributed by atoms with Gasteiger partial charge in [0.2, 0.25) is 0 Å². The van der Waals surface area contributed by atoms with Crippen LogP contribution in [0.4, 0.5) is 4.79 Å². The molecule has 0 radical (unpaired) electrons. The Bertz CT molecular complexity index is 649. The average molecular weight is 302 g/mol. The molecular weight excluding hydrogens is 280 g/mol. The highest BCUT2D eigenvalue weighted by atomic mass is 16.5. The number of ether oxygens (including phenoxy) is 1. The van der Waals surface area contributed by atoms with Gasteiger partial charge in [-0.15, -0.1) is 0 Å². The van der Waals surface area contributed by atoms with Crippen LogP contribution in [0.2, 0.25) is 0 Å². The van der Waals surface area contributed by atoms with E-state index in [1.54, 1.807) is 13.3 Å². The van der Waals surface area contributed by atoms with E-state index in [4.69, 9.17) is 4.74 Å². The summed E-state index contributed by atoms with van der Waals surface area (Å²) in [5, 5.41) is 7.73. The molecule has 0 aliphatic heterocycles. The van der Waals surface area contributed by atoms with E-state index in [0.717, 1.165) is 41.5 Å². The maximum atomic E-state index is 11.5. The number of hydrogen-bond acceptors (Lipinski definition) is 3. The van der Waals surface area contributed by atoms with Crippen molar-refractivity contribution in [1.82, 2.24) is 15.7 Å². The van der Waals surface area contributed by atoms with Gasteiger partial charge in [-0.1, -0.05) is 19.8 Å². The fraction of sp³-hybridized carbons (Fsp3) is 0.375.